The van der Waals surface area contributed by atoms with Gasteiger partial charge in [0.15, 0.2) is 0 Å². The van der Waals surface area contributed by atoms with Crippen LogP contribution in [0.4, 0.5) is 4.39 Å². The van der Waals surface area contributed by atoms with Crippen molar-refractivity contribution >= 4 is 16.0 Å². The summed E-state index contributed by atoms with van der Waals surface area (Å²) in [5.41, 5.74) is 0.885. The molecule has 0 saturated heterocycles. The van der Waals surface area contributed by atoms with E-state index in [0.29, 0.717) is 13.0 Å². The lowest BCUT2D eigenvalue weighted by Gasteiger charge is -2.29. The highest BCUT2D eigenvalue weighted by atomic mass is 32.2. The molecule has 0 aromatic heterocycles. The van der Waals surface area contributed by atoms with E-state index in [0.717, 1.165) is 42.7 Å². The SMILES string of the molecule is CCCC(=O)N(Cc1ccc(OS(=O)(=O)c2ccc(F)cc2)cc1)[C@@H](C)CC. The van der Waals surface area contributed by atoms with Crippen molar-refractivity contribution in [3.8, 4) is 5.75 Å². The third-order valence-corrected chi connectivity index (χ3v) is 5.75. The Bertz CT molecular complexity index is 880. The second-order valence-corrected chi connectivity index (χ2v) is 8.21. The second kappa shape index (κ2) is 9.68. The number of hydrogen-bond donors (Lipinski definition) is 0. The average Bonchev–Trinajstić information content (AvgIpc) is 2.67. The minimum atomic E-state index is -4.04. The minimum absolute atomic E-state index is 0.107. The Kier molecular flexibility index (Phi) is 7.57. The third-order valence-electron chi connectivity index (χ3n) is 4.49. The first-order valence-electron chi connectivity index (χ1n) is 9.35. The van der Waals surface area contributed by atoms with E-state index in [1.54, 1.807) is 24.3 Å². The van der Waals surface area contributed by atoms with Crippen LogP contribution >= 0.6 is 0 Å². The van der Waals surface area contributed by atoms with Crippen molar-refractivity contribution < 1.29 is 21.8 Å². The number of amides is 1. The van der Waals surface area contributed by atoms with Crippen LogP contribution in [-0.4, -0.2) is 25.3 Å². The average molecular weight is 408 g/mol. The molecule has 0 saturated carbocycles. The van der Waals surface area contributed by atoms with Crippen LogP contribution in [-0.2, 0) is 21.5 Å². The summed E-state index contributed by atoms with van der Waals surface area (Å²) in [5.74, 6) is -0.258. The van der Waals surface area contributed by atoms with E-state index in [2.05, 4.69) is 0 Å². The number of benzene rings is 2. The van der Waals surface area contributed by atoms with Crippen molar-refractivity contribution in [2.75, 3.05) is 0 Å². The highest BCUT2D eigenvalue weighted by Gasteiger charge is 2.19. The molecule has 0 spiro atoms. The predicted octanol–water partition coefficient (Wildman–Crippen LogP) is 4.52. The van der Waals surface area contributed by atoms with Gasteiger partial charge in [-0.15, -0.1) is 0 Å². The summed E-state index contributed by atoms with van der Waals surface area (Å²) in [6, 6.07) is 11.1. The molecule has 0 aliphatic heterocycles. The second-order valence-electron chi connectivity index (χ2n) is 6.66. The van der Waals surface area contributed by atoms with E-state index in [4.69, 9.17) is 4.18 Å². The van der Waals surface area contributed by atoms with Crippen LogP contribution in [0.1, 0.15) is 45.6 Å². The van der Waals surface area contributed by atoms with Crippen LogP contribution in [0.25, 0.3) is 0 Å². The van der Waals surface area contributed by atoms with Crippen molar-refractivity contribution in [3.63, 3.8) is 0 Å². The fourth-order valence-corrected chi connectivity index (χ4v) is 3.62. The molecule has 2 aromatic rings. The van der Waals surface area contributed by atoms with Gasteiger partial charge in [0.1, 0.15) is 16.5 Å². The molecule has 28 heavy (non-hydrogen) atoms. The van der Waals surface area contributed by atoms with Crippen LogP contribution in [0.15, 0.2) is 53.4 Å². The largest absolute Gasteiger partial charge is 0.379 e. The van der Waals surface area contributed by atoms with Gasteiger partial charge in [0.05, 0.1) is 0 Å². The molecule has 0 aliphatic rings. The molecular weight excluding hydrogens is 381 g/mol. The molecule has 0 aliphatic carbocycles. The minimum Gasteiger partial charge on any atom is -0.379 e. The van der Waals surface area contributed by atoms with Gasteiger partial charge in [0, 0.05) is 19.0 Å². The third kappa shape index (κ3) is 5.79. The Labute approximate surface area is 166 Å². The summed E-state index contributed by atoms with van der Waals surface area (Å²) >= 11 is 0. The standard InChI is InChI=1S/C21H26FNO4S/c1-4-6-21(24)23(16(3)5-2)15-17-7-11-19(12-8-17)27-28(25,26)20-13-9-18(22)10-14-20/h7-14,16H,4-6,15H2,1-3H3/t16-/m0/s1. The molecule has 1 amide bonds. The highest BCUT2D eigenvalue weighted by Crippen LogP contribution is 2.21. The zero-order valence-corrected chi connectivity index (χ0v) is 17.2. The van der Waals surface area contributed by atoms with Crippen LogP contribution in [0.3, 0.4) is 0 Å². The molecular formula is C21H26FNO4S. The number of hydrogen-bond acceptors (Lipinski definition) is 4. The topological polar surface area (TPSA) is 63.7 Å². The normalized spacial score (nSPS) is 12.4. The number of rotatable bonds is 9. The van der Waals surface area contributed by atoms with Gasteiger partial charge in [0.2, 0.25) is 5.91 Å². The van der Waals surface area contributed by atoms with Gasteiger partial charge < -0.3 is 9.08 Å². The predicted molar refractivity (Wildman–Crippen MR) is 106 cm³/mol. The Morgan fingerprint density at radius 2 is 1.68 bits per heavy atom. The van der Waals surface area contributed by atoms with Gasteiger partial charge in [-0.1, -0.05) is 26.0 Å². The van der Waals surface area contributed by atoms with Gasteiger partial charge >= 0.3 is 10.1 Å². The fourth-order valence-electron chi connectivity index (χ4n) is 2.69. The molecule has 152 valence electrons. The summed E-state index contributed by atoms with van der Waals surface area (Å²) < 4.78 is 42.6. The molecule has 1 atom stereocenters. The first-order chi connectivity index (χ1) is 13.3. The van der Waals surface area contributed by atoms with E-state index in [1.807, 2.05) is 25.7 Å². The van der Waals surface area contributed by atoms with Gasteiger partial charge in [-0.2, -0.15) is 8.42 Å². The zero-order chi connectivity index (χ0) is 20.7. The van der Waals surface area contributed by atoms with Gasteiger partial charge in [-0.25, -0.2) is 4.39 Å². The first kappa shape index (κ1) is 21.9. The summed E-state index contributed by atoms with van der Waals surface area (Å²) in [5, 5.41) is 0. The molecule has 2 rings (SSSR count). The maximum Gasteiger partial charge on any atom is 0.339 e. The first-order valence-corrected chi connectivity index (χ1v) is 10.8. The van der Waals surface area contributed by atoms with E-state index in [-0.39, 0.29) is 22.6 Å². The van der Waals surface area contributed by atoms with Gasteiger partial charge in [-0.05, 0) is 61.7 Å². The van der Waals surface area contributed by atoms with Crippen molar-refractivity contribution in [1.29, 1.82) is 0 Å². The maximum atomic E-state index is 13.0. The summed E-state index contributed by atoms with van der Waals surface area (Å²) in [6.07, 6.45) is 2.15. The quantitative estimate of drug-likeness (QED) is 0.573. The molecule has 0 radical (unpaired) electrons. The Balaban J connectivity index is 2.11. The van der Waals surface area contributed by atoms with Crippen molar-refractivity contribution in [2.24, 2.45) is 0 Å². The Morgan fingerprint density at radius 1 is 1.07 bits per heavy atom. The lowest BCUT2D eigenvalue weighted by atomic mass is 10.1. The van der Waals surface area contributed by atoms with E-state index in [9.17, 15) is 17.6 Å². The molecule has 0 bridgehead atoms. The molecule has 2 aromatic carbocycles. The van der Waals surface area contributed by atoms with Crippen LogP contribution in [0.2, 0.25) is 0 Å². The molecule has 0 unspecified atom stereocenters. The van der Waals surface area contributed by atoms with E-state index in [1.165, 1.54) is 0 Å². The Hall–Kier alpha value is -2.41. The number of carbonyl (C=O) groups is 1. The van der Waals surface area contributed by atoms with Crippen molar-refractivity contribution in [2.45, 2.75) is 57.5 Å². The van der Waals surface area contributed by atoms with Crippen LogP contribution < -0.4 is 4.18 Å². The summed E-state index contributed by atoms with van der Waals surface area (Å²) in [6.45, 7) is 6.48. The Morgan fingerprint density at radius 3 is 2.21 bits per heavy atom. The highest BCUT2D eigenvalue weighted by molar-refractivity contribution is 7.87. The maximum absolute atomic E-state index is 13.0. The number of nitrogens with zero attached hydrogens (tertiary/aromatic N) is 1. The van der Waals surface area contributed by atoms with Crippen molar-refractivity contribution in [3.05, 3.63) is 59.9 Å². The monoisotopic (exact) mass is 407 g/mol. The molecule has 0 heterocycles. The van der Waals surface area contributed by atoms with E-state index < -0.39 is 15.9 Å². The smallest absolute Gasteiger partial charge is 0.339 e. The van der Waals surface area contributed by atoms with Crippen LogP contribution in [0.5, 0.6) is 5.75 Å². The lowest BCUT2D eigenvalue weighted by Crippen LogP contribution is -2.37. The van der Waals surface area contributed by atoms with Crippen LogP contribution in [0, 0.1) is 5.82 Å². The van der Waals surface area contributed by atoms with Crippen molar-refractivity contribution in [1.82, 2.24) is 4.90 Å². The summed E-state index contributed by atoms with van der Waals surface area (Å²) in [4.78, 5) is 14.1. The van der Waals surface area contributed by atoms with Gasteiger partial charge in [-0.3, -0.25) is 4.79 Å². The number of carbonyl (C=O) groups excluding carboxylic acids is 1. The number of halogens is 1. The molecule has 0 fully saturated rings. The zero-order valence-electron chi connectivity index (χ0n) is 16.4. The van der Waals surface area contributed by atoms with E-state index >= 15 is 0 Å². The molecule has 0 N–H and O–H groups in total. The lowest BCUT2D eigenvalue weighted by molar-refractivity contribution is -0.134. The summed E-state index contributed by atoms with van der Waals surface area (Å²) in [7, 11) is -4.04. The molecule has 5 nitrogen and oxygen atoms in total. The van der Waals surface area contributed by atoms with Gasteiger partial charge in [0.25, 0.3) is 0 Å². The fraction of sp³-hybridized carbons (Fsp3) is 0.381. The molecule has 7 heteroatoms.